The quantitative estimate of drug-likeness (QED) is 0.688. The molecule has 0 bridgehead atoms. The van der Waals surface area contributed by atoms with Crippen molar-refractivity contribution in [1.82, 2.24) is 10.3 Å². The van der Waals surface area contributed by atoms with Gasteiger partial charge in [-0.2, -0.15) is 0 Å². The lowest BCUT2D eigenvalue weighted by Gasteiger charge is -2.11. The number of hydrogen-bond donors (Lipinski definition) is 1. The standard InChI is InChI=1S/C13H12ClN3O3S/c1-7-6-15-13(21-7)8(2)16-12(18)10-5-9(14)3-4-11(10)17(19)20/h3-6,8H,1-2H3,(H,16,18). The molecule has 6 nitrogen and oxygen atoms in total. The number of nitrogens with zero attached hydrogens (tertiary/aromatic N) is 2. The first-order valence-corrected chi connectivity index (χ1v) is 7.25. The average molecular weight is 326 g/mol. The van der Waals surface area contributed by atoms with Crippen LogP contribution >= 0.6 is 22.9 Å². The minimum absolute atomic E-state index is 0.0624. The van der Waals surface area contributed by atoms with Gasteiger partial charge < -0.3 is 5.32 Å². The van der Waals surface area contributed by atoms with Crippen molar-refractivity contribution in [3.8, 4) is 0 Å². The number of nitro groups is 1. The van der Waals surface area contributed by atoms with Gasteiger partial charge in [-0.15, -0.1) is 11.3 Å². The normalized spacial score (nSPS) is 12.0. The van der Waals surface area contributed by atoms with Crippen LogP contribution in [0.4, 0.5) is 5.69 Å². The first-order chi connectivity index (χ1) is 9.88. The van der Waals surface area contributed by atoms with Gasteiger partial charge in [0.1, 0.15) is 10.6 Å². The minimum Gasteiger partial charge on any atom is -0.343 e. The zero-order chi connectivity index (χ0) is 15.6. The SMILES string of the molecule is Cc1cnc(C(C)NC(=O)c2cc(Cl)ccc2[N+](=O)[O-])s1. The van der Waals surface area contributed by atoms with E-state index >= 15 is 0 Å². The molecular formula is C13H12ClN3O3S. The molecule has 0 spiro atoms. The Morgan fingerprint density at radius 1 is 1.52 bits per heavy atom. The van der Waals surface area contributed by atoms with Crippen LogP contribution in [0, 0.1) is 17.0 Å². The van der Waals surface area contributed by atoms with E-state index in [-0.39, 0.29) is 22.3 Å². The van der Waals surface area contributed by atoms with Crippen molar-refractivity contribution >= 4 is 34.5 Å². The van der Waals surface area contributed by atoms with Crippen molar-refractivity contribution in [3.05, 3.63) is 55.0 Å². The Morgan fingerprint density at radius 3 is 2.81 bits per heavy atom. The molecule has 1 atom stereocenters. The zero-order valence-corrected chi connectivity index (χ0v) is 12.9. The summed E-state index contributed by atoms with van der Waals surface area (Å²) >= 11 is 7.27. The van der Waals surface area contributed by atoms with Gasteiger partial charge in [-0.05, 0) is 26.0 Å². The third-order valence-corrected chi connectivity index (χ3v) is 4.09. The van der Waals surface area contributed by atoms with Crippen LogP contribution in [0.3, 0.4) is 0 Å². The molecule has 1 aromatic carbocycles. The molecule has 1 aromatic heterocycles. The van der Waals surface area contributed by atoms with E-state index < -0.39 is 10.8 Å². The number of nitro benzene ring substituents is 1. The lowest BCUT2D eigenvalue weighted by atomic mass is 10.1. The second-order valence-corrected chi connectivity index (χ2v) is 6.13. The predicted molar refractivity (Wildman–Crippen MR) is 80.8 cm³/mol. The number of rotatable bonds is 4. The van der Waals surface area contributed by atoms with Crippen LogP contribution in [-0.4, -0.2) is 15.8 Å². The highest BCUT2D eigenvalue weighted by Gasteiger charge is 2.22. The maximum absolute atomic E-state index is 12.2. The fourth-order valence-electron chi connectivity index (χ4n) is 1.76. The third kappa shape index (κ3) is 3.56. The van der Waals surface area contributed by atoms with Crippen molar-refractivity contribution in [2.75, 3.05) is 0 Å². The molecule has 0 saturated carbocycles. The molecule has 0 aliphatic carbocycles. The summed E-state index contributed by atoms with van der Waals surface area (Å²) in [5.74, 6) is -0.551. The summed E-state index contributed by atoms with van der Waals surface area (Å²) in [7, 11) is 0. The largest absolute Gasteiger partial charge is 0.343 e. The van der Waals surface area contributed by atoms with Crippen LogP contribution in [-0.2, 0) is 0 Å². The summed E-state index contributed by atoms with van der Waals surface area (Å²) in [4.78, 5) is 27.8. The van der Waals surface area contributed by atoms with E-state index in [4.69, 9.17) is 11.6 Å². The number of aryl methyl sites for hydroxylation is 1. The highest BCUT2D eigenvalue weighted by Crippen LogP contribution is 2.24. The van der Waals surface area contributed by atoms with Gasteiger partial charge in [0.05, 0.1) is 11.0 Å². The van der Waals surface area contributed by atoms with Gasteiger partial charge in [-0.3, -0.25) is 14.9 Å². The number of hydrogen-bond acceptors (Lipinski definition) is 5. The number of benzene rings is 1. The fourth-order valence-corrected chi connectivity index (χ4v) is 2.71. The monoisotopic (exact) mass is 325 g/mol. The Balaban J connectivity index is 2.24. The number of halogens is 1. The van der Waals surface area contributed by atoms with E-state index in [0.717, 1.165) is 9.88 Å². The van der Waals surface area contributed by atoms with Crippen molar-refractivity contribution in [3.63, 3.8) is 0 Å². The molecule has 1 heterocycles. The Morgan fingerprint density at radius 2 is 2.24 bits per heavy atom. The summed E-state index contributed by atoms with van der Waals surface area (Å²) in [6.07, 6.45) is 1.71. The van der Waals surface area contributed by atoms with Gasteiger partial charge in [-0.25, -0.2) is 4.98 Å². The summed E-state index contributed by atoms with van der Waals surface area (Å²) in [5, 5.41) is 14.7. The molecule has 110 valence electrons. The molecule has 1 amide bonds. The Kier molecular flexibility index (Phi) is 4.54. The number of nitrogens with one attached hydrogen (secondary N) is 1. The van der Waals surface area contributed by atoms with Crippen LogP contribution in [0.15, 0.2) is 24.4 Å². The van der Waals surface area contributed by atoms with E-state index in [2.05, 4.69) is 10.3 Å². The van der Waals surface area contributed by atoms with Crippen molar-refractivity contribution in [2.45, 2.75) is 19.9 Å². The van der Waals surface area contributed by atoms with E-state index in [0.29, 0.717) is 0 Å². The summed E-state index contributed by atoms with van der Waals surface area (Å²) in [6.45, 7) is 3.68. The van der Waals surface area contributed by atoms with Gasteiger partial charge in [0.15, 0.2) is 0 Å². The Labute approximate surface area is 129 Å². The summed E-state index contributed by atoms with van der Waals surface area (Å²) < 4.78 is 0. The van der Waals surface area contributed by atoms with E-state index in [9.17, 15) is 14.9 Å². The molecule has 1 N–H and O–H groups in total. The first-order valence-electron chi connectivity index (χ1n) is 6.05. The van der Waals surface area contributed by atoms with Gasteiger partial charge >= 0.3 is 0 Å². The van der Waals surface area contributed by atoms with Gasteiger partial charge in [-0.1, -0.05) is 11.6 Å². The van der Waals surface area contributed by atoms with Crippen LogP contribution in [0.25, 0.3) is 0 Å². The Hall–Kier alpha value is -1.99. The number of aromatic nitrogens is 1. The molecular weight excluding hydrogens is 314 g/mol. The van der Waals surface area contributed by atoms with Crippen molar-refractivity contribution in [2.24, 2.45) is 0 Å². The Bertz CT molecular complexity index is 702. The molecule has 0 saturated heterocycles. The van der Waals surface area contributed by atoms with Crippen LogP contribution in [0.2, 0.25) is 5.02 Å². The van der Waals surface area contributed by atoms with Crippen LogP contribution < -0.4 is 5.32 Å². The van der Waals surface area contributed by atoms with Gasteiger partial charge in [0, 0.05) is 22.2 Å². The first kappa shape index (κ1) is 15.4. The maximum atomic E-state index is 12.2. The minimum atomic E-state index is -0.608. The number of carbonyl (C=O) groups excluding carboxylic acids is 1. The van der Waals surface area contributed by atoms with Crippen LogP contribution in [0.5, 0.6) is 0 Å². The molecule has 0 aliphatic rings. The molecule has 0 aliphatic heterocycles. The highest BCUT2D eigenvalue weighted by atomic mass is 35.5. The predicted octanol–water partition coefficient (Wildman–Crippen LogP) is 3.50. The average Bonchev–Trinajstić information content (AvgIpc) is 2.85. The van der Waals surface area contributed by atoms with Crippen LogP contribution in [0.1, 0.15) is 33.2 Å². The summed E-state index contributed by atoms with van der Waals surface area (Å²) in [5.41, 5.74) is -0.341. The smallest absolute Gasteiger partial charge is 0.282 e. The molecule has 2 rings (SSSR count). The van der Waals surface area contributed by atoms with Gasteiger partial charge in [0.25, 0.3) is 11.6 Å². The fraction of sp³-hybridized carbons (Fsp3) is 0.231. The van der Waals surface area contributed by atoms with E-state index in [1.165, 1.54) is 29.5 Å². The molecule has 0 fully saturated rings. The molecule has 0 radical (unpaired) electrons. The molecule has 2 aromatic rings. The zero-order valence-electron chi connectivity index (χ0n) is 11.3. The van der Waals surface area contributed by atoms with Gasteiger partial charge in [0.2, 0.25) is 0 Å². The van der Waals surface area contributed by atoms with E-state index in [1.54, 1.807) is 13.1 Å². The summed E-state index contributed by atoms with van der Waals surface area (Å²) in [6, 6.07) is 3.55. The second-order valence-electron chi connectivity index (χ2n) is 4.42. The number of amides is 1. The van der Waals surface area contributed by atoms with Crippen molar-refractivity contribution in [1.29, 1.82) is 0 Å². The second kappa shape index (κ2) is 6.19. The lowest BCUT2D eigenvalue weighted by molar-refractivity contribution is -0.385. The van der Waals surface area contributed by atoms with Crippen molar-refractivity contribution < 1.29 is 9.72 Å². The molecule has 1 unspecified atom stereocenters. The topological polar surface area (TPSA) is 85.1 Å². The number of carbonyl (C=O) groups is 1. The molecule has 21 heavy (non-hydrogen) atoms. The highest BCUT2D eigenvalue weighted by molar-refractivity contribution is 7.11. The third-order valence-electron chi connectivity index (χ3n) is 2.76. The lowest BCUT2D eigenvalue weighted by Crippen LogP contribution is -2.27. The maximum Gasteiger partial charge on any atom is 0.282 e. The molecule has 8 heteroatoms. The number of thiazole rings is 1. The van der Waals surface area contributed by atoms with E-state index in [1.807, 2.05) is 6.92 Å².